The second-order valence-electron chi connectivity index (χ2n) is 3.47. The molecule has 0 aromatic rings. The SMILES string of the molecule is CC1C(C)C1OCC1CO1. The van der Waals surface area contributed by atoms with E-state index in [1.807, 2.05) is 0 Å². The summed E-state index contributed by atoms with van der Waals surface area (Å²) in [6, 6.07) is 0. The van der Waals surface area contributed by atoms with Crippen LogP contribution in [0.3, 0.4) is 0 Å². The number of hydrogen-bond acceptors (Lipinski definition) is 2. The van der Waals surface area contributed by atoms with Gasteiger partial charge in [-0.2, -0.15) is 0 Å². The number of rotatable bonds is 3. The molecule has 58 valence electrons. The first kappa shape index (κ1) is 6.62. The third kappa shape index (κ3) is 1.18. The molecule has 2 heteroatoms. The molecule has 3 unspecified atom stereocenters. The number of ether oxygens (including phenoxy) is 2. The third-order valence-electron chi connectivity index (χ3n) is 2.60. The predicted molar refractivity (Wildman–Crippen MR) is 37.8 cm³/mol. The Bertz CT molecular complexity index is 123. The minimum Gasteiger partial charge on any atom is -0.375 e. The van der Waals surface area contributed by atoms with Crippen molar-refractivity contribution in [2.75, 3.05) is 13.2 Å². The first-order valence-electron chi connectivity index (χ1n) is 4.02. The molecule has 10 heavy (non-hydrogen) atoms. The van der Waals surface area contributed by atoms with E-state index in [0.717, 1.165) is 25.0 Å². The summed E-state index contributed by atoms with van der Waals surface area (Å²) in [7, 11) is 0. The fraction of sp³-hybridized carbons (Fsp3) is 1.00. The smallest absolute Gasteiger partial charge is 0.104 e. The number of hydrogen-bond donors (Lipinski definition) is 0. The van der Waals surface area contributed by atoms with E-state index in [2.05, 4.69) is 13.8 Å². The molecule has 0 bridgehead atoms. The van der Waals surface area contributed by atoms with Crippen LogP contribution in [0.4, 0.5) is 0 Å². The van der Waals surface area contributed by atoms with Gasteiger partial charge in [0, 0.05) is 0 Å². The Hall–Kier alpha value is -0.0800. The largest absolute Gasteiger partial charge is 0.375 e. The van der Waals surface area contributed by atoms with Gasteiger partial charge in [-0.3, -0.25) is 0 Å². The van der Waals surface area contributed by atoms with E-state index in [0.29, 0.717) is 12.2 Å². The van der Waals surface area contributed by atoms with Crippen LogP contribution in [0.5, 0.6) is 0 Å². The molecule has 1 saturated carbocycles. The molecule has 1 heterocycles. The molecule has 2 rings (SSSR count). The van der Waals surface area contributed by atoms with Crippen molar-refractivity contribution < 1.29 is 9.47 Å². The Labute approximate surface area is 61.5 Å². The van der Waals surface area contributed by atoms with Crippen molar-refractivity contribution in [2.45, 2.75) is 26.1 Å². The molecule has 1 saturated heterocycles. The van der Waals surface area contributed by atoms with Crippen molar-refractivity contribution in [2.24, 2.45) is 11.8 Å². The van der Waals surface area contributed by atoms with Gasteiger partial charge in [-0.05, 0) is 11.8 Å². The Morgan fingerprint density at radius 1 is 1.40 bits per heavy atom. The molecular weight excluding hydrogens is 128 g/mol. The molecule has 0 aromatic heterocycles. The summed E-state index contributed by atoms with van der Waals surface area (Å²) >= 11 is 0. The van der Waals surface area contributed by atoms with Crippen LogP contribution in [-0.4, -0.2) is 25.4 Å². The summed E-state index contributed by atoms with van der Waals surface area (Å²) in [6.07, 6.45) is 0.962. The molecule has 0 N–H and O–H groups in total. The van der Waals surface area contributed by atoms with Crippen LogP contribution in [0, 0.1) is 11.8 Å². The maximum atomic E-state index is 5.58. The van der Waals surface area contributed by atoms with E-state index in [9.17, 15) is 0 Å². The summed E-state index contributed by atoms with van der Waals surface area (Å²) in [5.41, 5.74) is 0. The highest BCUT2D eigenvalue weighted by atomic mass is 16.6. The zero-order valence-electron chi connectivity index (χ0n) is 6.54. The van der Waals surface area contributed by atoms with Crippen LogP contribution in [0.25, 0.3) is 0 Å². The molecule has 0 amide bonds. The molecular formula is C8H14O2. The van der Waals surface area contributed by atoms with E-state index in [-0.39, 0.29) is 0 Å². The Morgan fingerprint density at radius 2 is 2.00 bits per heavy atom. The van der Waals surface area contributed by atoms with Crippen LogP contribution in [0.1, 0.15) is 13.8 Å². The minimum atomic E-state index is 0.431. The molecule has 0 aromatic carbocycles. The molecule has 0 spiro atoms. The van der Waals surface area contributed by atoms with Crippen molar-refractivity contribution in [3.63, 3.8) is 0 Å². The second-order valence-corrected chi connectivity index (χ2v) is 3.47. The van der Waals surface area contributed by atoms with E-state index in [1.165, 1.54) is 0 Å². The molecule has 3 atom stereocenters. The van der Waals surface area contributed by atoms with Crippen molar-refractivity contribution >= 4 is 0 Å². The van der Waals surface area contributed by atoms with Gasteiger partial charge in [0.1, 0.15) is 6.10 Å². The first-order chi connectivity index (χ1) is 4.79. The van der Waals surface area contributed by atoms with Gasteiger partial charge in [0.25, 0.3) is 0 Å². The van der Waals surface area contributed by atoms with Gasteiger partial charge in [0.15, 0.2) is 0 Å². The summed E-state index contributed by atoms with van der Waals surface area (Å²) in [4.78, 5) is 0. The lowest BCUT2D eigenvalue weighted by Crippen LogP contribution is -2.04. The van der Waals surface area contributed by atoms with Gasteiger partial charge in [0.05, 0.1) is 19.3 Å². The maximum absolute atomic E-state index is 5.58. The highest BCUT2D eigenvalue weighted by molar-refractivity contribution is 4.92. The van der Waals surface area contributed by atoms with Gasteiger partial charge in [-0.1, -0.05) is 13.8 Å². The van der Waals surface area contributed by atoms with Gasteiger partial charge >= 0.3 is 0 Å². The average Bonchev–Trinajstić information content (AvgIpc) is 2.76. The fourth-order valence-electron chi connectivity index (χ4n) is 1.30. The molecule has 1 aliphatic heterocycles. The minimum absolute atomic E-state index is 0.431. The molecule has 0 radical (unpaired) electrons. The van der Waals surface area contributed by atoms with Crippen molar-refractivity contribution in [1.29, 1.82) is 0 Å². The highest BCUT2D eigenvalue weighted by Crippen LogP contribution is 2.40. The zero-order valence-corrected chi connectivity index (χ0v) is 6.54. The second kappa shape index (κ2) is 2.21. The first-order valence-corrected chi connectivity index (χ1v) is 4.02. The predicted octanol–water partition coefficient (Wildman–Crippen LogP) is 1.06. The topological polar surface area (TPSA) is 21.8 Å². The van der Waals surface area contributed by atoms with Crippen LogP contribution in [0.15, 0.2) is 0 Å². The standard InChI is InChI=1S/C8H14O2/c1-5-6(2)8(5)10-4-7-3-9-7/h5-8H,3-4H2,1-2H3. The van der Waals surface area contributed by atoms with Gasteiger partial charge in [-0.25, -0.2) is 0 Å². The average molecular weight is 142 g/mol. The maximum Gasteiger partial charge on any atom is 0.104 e. The summed E-state index contributed by atoms with van der Waals surface area (Å²) in [5, 5.41) is 0. The Balaban J connectivity index is 1.63. The monoisotopic (exact) mass is 142 g/mol. The Morgan fingerprint density at radius 3 is 2.40 bits per heavy atom. The number of epoxide rings is 1. The van der Waals surface area contributed by atoms with E-state index in [1.54, 1.807) is 0 Å². The van der Waals surface area contributed by atoms with Crippen LogP contribution < -0.4 is 0 Å². The Kier molecular flexibility index (Phi) is 1.46. The van der Waals surface area contributed by atoms with Crippen molar-refractivity contribution in [3.05, 3.63) is 0 Å². The molecule has 1 aliphatic carbocycles. The van der Waals surface area contributed by atoms with Crippen molar-refractivity contribution in [1.82, 2.24) is 0 Å². The lowest BCUT2D eigenvalue weighted by molar-refractivity contribution is 0.0889. The molecule has 2 fully saturated rings. The summed E-state index contributed by atoms with van der Waals surface area (Å²) in [6.45, 7) is 6.21. The van der Waals surface area contributed by atoms with Gasteiger partial charge < -0.3 is 9.47 Å². The van der Waals surface area contributed by atoms with E-state index in [4.69, 9.17) is 9.47 Å². The highest BCUT2D eigenvalue weighted by Gasteiger charge is 2.44. The van der Waals surface area contributed by atoms with E-state index >= 15 is 0 Å². The third-order valence-corrected chi connectivity index (χ3v) is 2.60. The van der Waals surface area contributed by atoms with Crippen LogP contribution in [0.2, 0.25) is 0 Å². The lowest BCUT2D eigenvalue weighted by Gasteiger charge is -1.97. The molecule has 2 aliphatic rings. The van der Waals surface area contributed by atoms with E-state index < -0.39 is 0 Å². The zero-order chi connectivity index (χ0) is 7.14. The quantitative estimate of drug-likeness (QED) is 0.549. The van der Waals surface area contributed by atoms with Crippen LogP contribution in [-0.2, 0) is 9.47 Å². The fourth-order valence-corrected chi connectivity index (χ4v) is 1.30. The normalized spacial score (nSPS) is 51.0. The summed E-state index contributed by atoms with van der Waals surface area (Å²) in [5.74, 6) is 1.55. The lowest BCUT2D eigenvalue weighted by atomic mass is 10.4. The molecule has 2 nitrogen and oxygen atoms in total. The summed E-state index contributed by atoms with van der Waals surface area (Å²) < 4.78 is 10.6. The van der Waals surface area contributed by atoms with Crippen molar-refractivity contribution in [3.8, 4) is 0 Å². The van der Waals surface area contributed by atoms with Gasteiger partial charge in [-0.15, -0.1) is 0 Å². The van der Waals surface area contributed by atoms with Crippen LogP contribution >= 0.6 is 0 Å². The van der Waals surface area contributed by atoms with Gasteiger partial charge in [0.2, 0.25) is 0 Å².